The Morgan fingerprint density at radius 3 is 2.37 bits per heavy atom. The average molecular weight is 641 g/mol. The predicted molar refractivity (Wildman–Crippen MR) is 158 cm³/mol. The fourth-order valence-corrected chi connectivity index (χ4v) is 6.67. The van der Waals surface area contributed by atoms with Crippen LogP contribution in [0.15, 0.2) is 45.9 Å². The number of ether oxygens (including phenoxy) is 1. The quantitative estimate of drug-likeness (QED) is 0.472. The van der Waals surface area contributed by atoms with Crippen LogP contribution < -0.4 is 19.7 Å². The highest BCUT2D eigenvalue weighted by Crippen LogP contribution is 2.29. The molecule has 1 aliphatic carbocycles. The molecule has 0 radical (unpaired) electrons. The van der Waals surface area contributed by atoms with E-state index in [4.69, 9.17) is 11.6 Å². The maximum absolute atomic E-state index is 12.4. The summed E-state index contributed by atoms with van der Waals surface area (Å²) in [6.07, 6.45) is 0.828. The molecule has 6 rings (SSSR count). The van der Waals surface area contributed by atoms with Crippen LogP contribution in [0.3, 0.4) is 0 Å². The summed E-state index contributed by atoms with van der Waals surface area (Å²) in [6, 6.07) is 8.38. The van der Waals surface area contributed by atoms with Crippen LogP contribution in [0.4, 0.5) is 24.7 Å². The van der Waals surface area contributed by atoms with E-state index in [1.165, 1.54) is 12.1 Å². The number of amidine groups is 2. The molecule has 1 aromatic carbocycles. The number of halogens is 4. The van der Waals surface area contributed by atoms with Gasteiger partial charge in [-0.25, -0.2) is 9.71 Å². The van der Waals surface area contributed by atoms with E-state index >= 15 is 0 Å². The zero-order valence-electron chi connectivity index (χ0n) is 23.2. The van der Waals surface area contributed by atoms with E-state index in [1.54, 1.807) is 24.4 Å². The highest BCUT2D eigenvalue weighted by molar-refractivity contribution is 7.89. The number of likely N-dealkylation sites (tertiary alicyclic amines) is 1. The number of piperazine rings is 1. The molecule has 2 aromatic rings. The molecule has 43 heavy (non-hydrogen) atoms. The number of aromatic nitrogens is 1. The number of aliphatic imine (C=N–C) groups is 1. The van der Waals surface area contributed by atoms with Gasteiger partial charge in [0.2, 0.25) is 0 Å². The summed E-state index contributed by atoms with van der Waals surface area (Å²) < 4.78 is 71.1. The van der Waals surface area contributed by atoms with Gasteiger partial charge in [-0.1, -0.05) is 23.7 Å². The first-order chi connectivity index (χ1) is 20.5. The number of anilines is 2. The fourth-order valence-electron chi connectivity index (χ4n) is 5.58. The van der Waals surface area contributed by atoms with Crippen molar-refractivity contribution in [1.29, 1.82) is 0 Å². The zero-order valence-corrected chi connectivity index (χ0v) is 24.8. The Kier molecular flexibility index (Phi) is 8.41. The van der Waals surface area contributed by atoms with Crippen LogP contribution in [-0.2, 0) is 16.8 Å². The number of pyridine rings is 1. The molecule has 1 saturated carbocycles. The maximum Gasteiger partial charge on any atom is 0.573 e. The van der Waals surface area contributed by atoms with Crippen molar-refractivity contribution in [3.63, 3.8) is 0 Å². The first-order valence-electron chi connectivity index (χ1n) is 14.2. The molecule has 2 saturated heterocycles. The Morgan fingerprint density at radius 2 is 1.74 bits per heavy atom. The van der Waals surface area contributed by atoms with E-state index in [9.17, 15) is 21.6 Å². The first kappa shape index (κ1) is 29.9. The van der Waals surface area contributed by atoms with Crippen molar-refractivity contribution in [3.8, 4) is 5.75 Å². The number of nitrogens with zero attached hydrogens (tertiary/aromatic N) is 6. The Bertz CT molecular complexity index is 1490. The molecule has 0 bridgehead atoms. The number of hydrogen-bond donors (Lipinski definition) is 2. The van der Waals surface area contributed by atoms with Gasteiger partial charge < -0.3 is 15.0 Å². The largest absolute Gasteiger partial charge is 0.573 e. The number of piperidine rings is 1. The third kappa shape index (κ3) is 7.88. The summed E-state index contributed by atoms with van der Waals surface area (Å²) in [5.41, 5.74) is 1.47. The molecule has 4 heterocycles. The first-order valence-corrected chi connectivity index (χ1v) is 16.0. The molecule has 0 unspecified atom stereocenters. The number of rotatable bonds is 7. The van der Waals surface area contributed by atoms with Crippen LogP contribution in [0, 0.1) is 0 Å². The minimum Gasteiger partial charge on any atom is -0.406 e. The van der Waals surface area contributed by atoms with E-state index in [0.717, 1.165) is 70.5 Å². The van der Waals surface area contributed by atoms with Crippen molar-refractivity contribution < 1.29 is 26.3 Å². The van der Waals surface area contributed by atoms with Crippen LogP contribution in [0.5, 0.6) is 5.75 Å². The highest BCUT2D eigenvalue weighted by atomic mass is 35.5. The van der Waals surface area contributed by atoms with Gasteiger partial charge in [-0.2, -0.15) is 8.42 Å². The van der Waals surface area contributed by atoms with Crippen LogP contribution >= 0.6 is 11.6 Å². The molecule has 16 heteroatoms. The maximum atomic E-state index is 12.4. The van der Waals surface area contributed by atoms with Crippen molar-refractivity contribution in [2.45, 2.75) is 50.7 Å². The lowest BCUT2D eigenvalue weighted by atomic mass is 10.0. The molecule has 11 nitrogen and oxygen atoms in total. The summed E-state index contributed by atoms with van der Waals surface area (Å²) in [6.45, 7) is 5.84. The van der Waals surface area contributed by atoms with Crippen molar-refractivity contribution in [2.24, 2.45) is 9.39 Å². The van der Waals surface area contributed by atoms with Crippen LogP contribution in [0.1, 0.15) is 31.2 Å². The van der Waals surface area contributed by atoms with E-state index in [2.05, 4.69) is 43.8 Å². The molecule has 0 atom stereocenters. The summed E-state index contributed by atoms with van der Waals surface area (Å²) >= 11 is 6.62. The minimum atomic E-state index is -4.69. The third-order valence-corrected chi connectivity index (χ3v) is 9.01. The van der Waals surface area contributed by atoms with Crippen LogP contribution in [0.2, 0.25) is 5.02 Å². The molecule has 1 aromatic heterocycles. The van der Waals surface area contributed by atoms with Gasteiger partial charge >= 0.3 is 16.6 Å². The van der Waals surface area contributed by atoms with E-state index in [1.807, 2.05) is 0 Å². The summed E-state index contributed by atoms with van der Waals surface area (Å²) in [7, 11) is -3.82. The predicted octanol–water partition coefficient (Wildman–Crippen LogP) is 3.64. The highest BCUT2D eigenvalue weighted by Gasteiger charge is 2.32. The van der Waals surface area contributed by atoms with Crippen LogP contribution in [0.25, 0.3) is 0 Å². The minimum absolute atomic E-state index is 0.120. The standard InChI is InChI=1S/C27H32ClF3N8O3S/c28-23-15-20(34-25-24(33-19-3-4-19)35-43(40,41)36-25)16-32-26(23)39-13-11-38(12-14-39)21-7-9-37(10-8-21)17-18-1-5-22(6-2-18)42-27(29,30)31/h1-2,5-6,15-16,19,21H,3-4,7-14,17H2,(H,33,35)(H,34,36). The molecule has 0 spiro atoms. The third-order valence-electron chi connectivity index (χ3n) is 7.85. The van der Waals surface area contributed by atoms with E-state index in [-0.39, 0.29) is 23.5 Å². The molecule has 0 amide bonds. The van der Waals surface area contributed by atoms with Gasteiger partial charge in [0, 0.05) is 38.8 Å². The van der Waals surface area contributed by atoms with Crippen molar-refractivity contribution in [2.75, 3.05) is 49.5 Å². The number of nitrogens with one attached hydrogen (secondary N) is 2. The van der Waals surface area contributed by atoms with Crippen molar-refractivity contribution in [3.05, 3.63) is 47.1 Å². The normalized spacial score (nSPS) is 22.8. The molecule has 4 aliphatic rings. The second-order valence-electron chi connectivity index (χ2n) is 11.1. The topological polar surface area (TPSA) is 115 Å². The van der Waals surface area contributed by atoms with Gasteiger partial charge in [0.1, 0.15) is 11.6 Å². The second-order valence-corrected chi connectivity index (χ2v) is 12.8. The number of alkyl halides is 3. The summed E-state index contributed by atoms with van der Waals surface area (Å²) in [4.78, 5) is 15.9. The average Bonchev–Trinajstić information content (AvgIpc) is 3.72. The van der Waals surface area contributed by atoms with Crippen molar-refractivity contribution in [1.82, 2.24) is 19.5 Å². The molecule has 232 valence electrons. The van der Waals surface area contributed by atoms with Gasteiger partial charge in [0.25, 0.3) is 0 Å². The van der Waals surface area contributed by atoms with Gasteiger partial charge in [-0.15, -0.1) is 17.6 Å². The smallest absolute Gasteiger partial charge is 0.406 e. The molecule has 3 fully saturated rings. The van der Waals surface area contributed by atoms with E-state index in [0.29, 0.717) is 29.1 Å². The Balaban J connectivity index is 0.973. The van der Waals surface area contributed by atoms with Crippen molar-refractivity contribution >= 4 is 45.0 Å². The SMILES string of the molecule is O=S1(=O)N=C(Nc2cnc(N3CCN(C4CCN(Cc5ccc(OC(F)(F)F)cc5)CC4)CC3)c(Cl)c2)C(=NC2CC2)N1. The van der Waals surface area contributed by atoms with E-state index < -0.39 is 16.6 Å². The Morgan fingerprint density at radius 1 is 1.05 bits per heavy atom. The lowest BCUT2D eigenvalue weighted by Gasteiger charge is -2.43. The monoisotopic (exact) mass is 640 g/mol. The molecule has 3 aliphatic heterocycles. The van der Waals surface area contributed by atoms with Gasteiger partial charge in [0.15, 0.2) is 11.7 Å². The molecular formula is C27H32ClF3N8O3S. The lowest BCUT2D eigenvalue weighted by Crippen LogP contribution is -2.53. The Hall–Kier alpha value is -3.14. The zero-order chi connectivity index (χ0) is 30.2. The van der Waals surface area contributed by atoms with Gasteiger partial charge in [0.05, 0.1) is 22.9 Å². The fraction of sp³-hybridized carbons (Fsp3) is 0.519. The molecular weight excluding hydrogens is 609 g/mol. The second kappa shape index (κ2) is 12.1. The van der Waals surface area contributed by atoms with Gasteiger partial charge in [-0.05, 0) is 62.5 Å². The number of benzene rings is 1. The lowest BCUT2D eigenvalue weighted by molar-refractivity contribution is -0.274. The van der Waals surface area contributed by atoms with Gasteiger partial charge in [-0.3, -0.25) is 14.8 Å². The van der Waals surface area contributed by atoms with Crippen LogP contribution in [-0.4, -0.2) is 92.6 Å². The molecule has 2 N–H and O–H groups in total. The number of hydrogen-bond acceptors (Lipinski definition) is 9. The summed E-state index contributed by atoms with van der Waals surface area (Å²) in [5.74, 6) is 0.809. The Labute approximate surface area is 253 Å². The summed E-state index contributed by atoms with van der Waals surface area (Å²) in [5, 5.41) is 3.44.